The zero-order chi connectivity index (χ0) is 23.2. The molecule has 1 aromatic carbocycles. The second-order valence-corrected chi connectivity index (χ2v) is 8.11. The summed E-state index contributed by atoms with van der Waals surface area (Å²) in [7, 11) is 0. The van der Waals surface area contributed by atoms with Crippen LogP contribution in [-0.4, -0.2) is 46.6 Å². The van der Waals surface area contributed by atoms with Crippen LogP contribution >= 0.6 is 0 Å². The van der Waals surface area contributed by atoms with E-state index in [1.807, 2.05) is 50.2 Å². The molecule has 1 atom stereocenters. The van der Waals surface area contributed by atoms with Gasteiger partial charge in [0.2, 0.25) is 11.8 Å². The van der Waals surface area contributed by atoms with E-state index in [1.165, 1.54) is 0 Å². The second-order valence-electron chi connectivity index (χ2n) is 8.11. The molecular weight excluding hydrogens is 418 g/mol. The lowest BCUT2D eigenvalue weighted by Crippen LogP contribution is -2.35. The molecule has 2 amide bonds. The fourth-order valence-electron chi connectivity index (χ4n) is 3.54. The van der Waals surface area contributed by atoms with Crippen LogP contribution in [0.2, 0.25) is 0 Å². The maximum absolute atomic E-state index is 12.5. The molecule has 2 aromatic heterocycles. The summed E-state index contributed by atoms with van der Waals surface area (Å²) >= 11 is 0. The highest BCUT2D eigenvalue weighted by molar-refractivity contribution is 6.00. The van der Waals surface area contributed by atoms with E-state index in [0.29, 0.717) is 37.1 Å². The number of amides is 2. The largest absolute Gasteiger partial charge is 0.367 e. The van der Waals surface area contributed by atoms with Gasteiger partial charge < -0.3 is 20.9 Å². The first-order valence-corrected chi connectivity index (χ1v) is 10.9. The number of aromatic nitrogens is 3. The Hall–Kier alpha value is -4.01. The van der Waals surface area contributed by atoms with Crippen LogP contribution in [0.25, 0.3) is 0 Å². The molecule has 4 rings (SSSR count). The van der Waals surface area contributed by atoms with Crippen LogP contribution in [0.1, 0.15) is 17.5 Å². The molecule has 1 fully saturated rings. The number of carbonyl (C=O) groups is 2. The Labute approximate surface area is 192 Å². The number of nitrogens with one attached hydrogen (secondary N) is 3. The molecule has 170 valence electrons. The highest BCUT2D eigenvalue weighted by atomic mass is 16.2. The maximum atomic E-state index is 12.5. The van der Waals surface area contributed by atoms with Gasteiger partial charge in [0, 0.05) is 37.9 Å². The first kappa shape index (κ1) is 22.2. The van der Waals surface area contributed by atoms with Crippen molar-refractivity contribution < 1.29 is 9.59 Å². The molecule has 1 unspecified atom stereocenters. The lowest BCUT2D eigenvalue weighted by molar-refractivity contribution is -0.126. The van der Waals surface area contributed by atoms with E-state index in [1.54, 1.807) is 23.2 Å². The number of aryl methyl sites for hydroxylation is 2. The van der Waals surface area contributed by atoms with Crippen LogP contribution in [0.3, 0.4) is 0 Å². The fourth-order valence-corrected chi connectivity index (χ4v) is 3.54. The highest BCUT2D eigenvalue weighted by Gasteiger charge is 2.34. The number of hydrogen-bond donors (Lipinski definition) is 3. The lowest BCUT2D eigenvalue weighted by Gasteiger charge is -2.17. The first-order valence-electron chi connectivity index (χ1n) is 10.9. The van der Waals surface area contributed by atoms with Gasteiger partial charge in [0.05, 0.1) is 5.92 Å². The Morgan fingerprint density at radius 1 is 0.939 bits per heavy atom. The summed E-state index contributed by atoms with van der Waals surface area (Å²) in [4.78, 5) is 30.8. The van der Waals surface area contributed by atoms with Crippen molar-refractivity contribution in [2.75, 3.05) is 35.2 Å². The summed E-state index contributed by atoms with van der Waals surface area (Å²) < 4.78 is 0. The molecule has 9 nitrogen and oxygen atoms in total. The van der Waals surface area contributed by atoms with Crippen molar-refractivity contribution in [3.05, 3.63) is 65.9 Å². The number of anilines is 4. The van der Waals surface area contributed by atoms with Crippen LogP contribution in [0, 0.1) is 19.8 Å². The number of rotatable bonds is 8. The maximum Gasteiger partial charge on any atom is 0.227 e. The summed E-state index contributed by atoms with van der Waals surface area (Å²) in [6, 6.07) is 15.2. The minimum Gasteiger partial charge on any atom is -0.367 e. The van der Waals surface area contributed by atoms with Crippen molar-refractivity contribution in [1.82, 2.24) is 20.5 Å². The SMILES string of the molecule is Cc1ccc(N2CC(C(=O)NCCNc3ccc(Nc4ccc(C)cn4)nn3)CC2=O)cc1. The highest BCUT2D eigenvalue weighted by Crippen LogP contribution is 2.25. The standard InChI is InChI=1S/C24H27N7O2/c1-16-3-6-19(7-4-16)31-15-18(13-23(31)32)24(33)26-12-11-25-21-9-10-22(30-29-21)28-20-8-5-17(2)14-27-20/h3-10,14,18H,11-13,15H2,1-2H3,(H,25,29)(H,26,33)(H,27,28,30). The third-order valence-electron chi connectivity index (χ3n) is 5.40. The number of nitrogens with zero attached hydrogens (tertiary/aromatic N) is 4. The van der Waals surface area contributed by atoms with E-state index in [9.17, 15) is 9.59 Å². The van der Waals surface area contributed by atoms with Crippen LogP contribution in [-0.2, 0) is 9.59 Å². The van der Waals surface area contributed by atoms with Crippen LogP contribution in [0.15, 0.2) is 54.7 Å². The number of carbonyl (C=O) groups excluding carboxylic acids is 2. The van der Waals surface area contributed by atoms with Crippen molar-refractivity contribution in [3.63, 3.8) is 0 Å². The van der Waals surface area contributed by atoms with Gasteiger partial charge in [-0.25, -0.2) is 4.98 Å². The van der Waals surface area contributed by atoms with Crippen molar-refractivity contribution in [1.29, 1.82) is 0 Å². The molecule has 33 heavy (non-hydrogen) atoms. The molecule has 1 saturated heterocycles. The van der Waals surface area contributed by atoms with Crippen LogP contribution in [0.4, 0.5) is 23.1 Å². The van der Waals surface area contributed by atoms with E-state index in [4.69, 9.17) is 0 Å². The van der Waals surface area contributed by atoms with Crippen molar-refractivity contribution in [2.24, 2.45) is 5.92 Å². The number of benzene rings is 1. The normalized spacial score (nSPS) is 15.4. The van der Waals surface area contributed by atoms with E-state index in [-0.39, 0.29) is 24.2 Å². The van der Waals surface area contributed by atoms with E-state index < -0.39 is 0 Å². The summed E-state index contributed by atoms with van der Waals surface area (Å²) in [5.41, 5.74) is 3.05. The predicted molar refractivity (Wildman–Crippen MR) is 127 cm³/mol. The smallest absolute Gasteiger partial charge is 0.227 e. The number of pyridine rings is 1. The second kappa shape index (κ2) is 10.1. The summed E-state index contributed by atoms with van der Waals surface area (Å²) in [6.07, 6.45) is 2.00. The van der Waals surface area contributed by atoms with Gasteiger partial charge in [-0.15, -0.1) is 10.2 Å². The third-order valence-corrected chi connectivity index (χ3v) is 5.40. The molecule has 9 heteroatoms. The van der Waals surface area contributed by atoms with Crippen molar-refractivity contribution >= 4 is 35.0 Å². The van der Waals surface area contributed by atoms with E-state index >= 15 is 0 Å². The summed E-state index contributed by atoms with van der Waals surface area (Å²) in [5.74, 6) is 1.41. The average Bonchev–Trinajstić information content (AvgIpc) is 3.21. The van der Waals surface area contributed by atoms with E-state index in [2.05, 4.69) is 31.1 Å². The van der Waals surface area contributed by atoms with Gasteiger partial charge in [-0.05, 0) is 49.7 Å². The van der Waals surface area contributed by atoms with Crippen LogP contribution in [0.5, 0.6) is 0 Å². The monoisotopic (exact) mass is 445 g/mol. The molecule has 0 aliphatic carbocycles. The zero-order valence-electron chi connectivity index (χ0n) is 18.7. The van der Waals surface area contributed by atoms with Crippen molar-refractivity contribution in [3.8, 4) is 0 Å². The van der Waals surface area contributed by atoms with Gasteiger partial charge >= 0.3 is 0 Å². The van der Waals surface area contributed by atoms with Gasteiger partial charge in [0.1, 0.15) is 11.6 Å². The van der Waals surface area contributed by atoms with Crippen molar-refractivity contribution in [2.45, 2.75) is 20.3 Å². The van der Waals surface area contributed by atoms with Gasteiger partial charge in [0.15, 0.2) is 5.82 Å². The Bertz CT molecular complexity index is 1100. The molecule has 3 aromatic rings. The molecule has 3 N–H and O–H groups in total. The molecule has 0 radical (unpaired) electrons. The molecular formula is C24H27N7O2. The minimum atomic E-state index is -0.348. The minimum absolute atomic E-state index is 0.0260. The molecule has 0 saturated carbocycles. The summed E-state index contributed by atoms with van der Waals surface area (Å²) in [6.45, 7) is 5.29. The van der Waals surface area contributed by atoms with Gasteiger partial charge in [-0.3, -0.25) is 9.59 Å². The van der Waals surface area contributed by atoms with Gasteiger partial charge in [-0.1, -0.05) is 23.8 Å². The topological polar surface area (TPSA) is 112 Å². The Morgan fingerprint density at radius 2 is 1.64 bits per heavy atom. The first-order chi connectivity index (χ1) is 16.0. The van der Waals surface area contributed by atoms with Crippen LogP contribution < -0.4 is 20.9 Å². The molecule has 1 aliphatic rings. The molecule has 3 heterocycles. The fraction of sp³-hybridized carbons (Fsp3) is 0.292. The third kappa shape index (κ3) is 5.82. The Morgan fingerprint density at radius 3 is 2.33 bits per heavy atom. The lowest BCUT2D eigenvalue weighted by atomic mass is 10.1. The predicted octanol–water partition coefficient (Wildman–Crippen LogP) is 2.81. The van der Waals surface area contributed by atoms with E-state index in [0.717, 1.165) is 16.8 Å². The molecule has 1 aliphatic heterocycles. The molecule has 0 bridgehead atoms. The number of hydrogen-bond acceptors (Lipinski definition) is 7. The zero-order valence-corrected chi connectivity index (χ0v) is 18.7. The molecule has 0 spiro atoms. The average molecular weight is 446 g/mol. The van der Waals surface area contributed by atoms with Gasteiger partial charge in [0.25, 0.3) is 0 Å². The Kier molecular flexibility index (Phi) is 6.77. The van der Waals surface area contributed by atoms with Gasteiger partial charge in [-0.2, -0.15) is 0 Å². The summed E-state index contributed by atoms with van der Waals surface area (Å²) in [5, 5.41) is 17.4. The Balaban J connectivity index is 1.19. The quantitative estimate of drug-likeness (QED) is 0.457.